The molecule has 2 aromatic rings. The van der Waals surface area contributed by atoms with Gasteiger partial charge in [0.1, 0.15) is 5.82 Å². The van der Waals surface area contributed by atoms with Crippen LogP contribution in [0.25, 0.3) is 10.9 Å². The van der Waals surface area contributed by atoms with Crippen molar-refractivity contribution in [3.8, 4) is 0 Å². The van der Waals surface area contributed by atoms with Gasteiger partial charge in [0.2, 0.25) is 5.91 Å². The summed E-state index contributed by atoms with van der Waals surface area (Å²) >= 11 is 0. The molecule has 104 valence electrons. The van der Waals surface area contributed by atoms with E-state index >= 15 is 0 Å². The van der Waals surface area contributed by atoms with E-state index in [1.807, 2.05) is 36.4 Å². The van der Waals surface area contributed by atoms with E-state index in [0.717, 1.165) is 36.6 Å². The van der Waals surface area contributed by atoms with Crippen LogP contribution in [-0.2, 0) is 4.79 Å². The third kappa shape index (κ3) is 2.51. The molecule has 1 saturated carbocycles. The number of hydrogen-bond donors (Lipinski definition) is 2. The standard InChI is InChI=1S/C16H19N3O/c17-16(10-4-1-5-11-16)15(20)19-14-9-8-12-6-2-3-7-13(12)18-14/h2-3,6-9H,1,4-5,10-11,17H2,(H,18,19,20). The lowest BCUT2D eigenvalue weighted by molar-refractivity contribution is -0.122. The molecular formula is C16H19N3O. The zero-order chi connectivity index (χ0) is 14.0. The van der Waals surface area contributed by atoms with Crippen LogP contribution < -0.4 is 11.1 Å². The van der Waals surface area contributed by atoms with Crippen molar-refractivity contribution in [3.63, 3.8) is 0 Å². The molecule has 4 nitrogen and oxygen atoms in total. The molecule has 1 aromatic heterocycles. The number of aromatic nitrogens is 1. The maximum atomic E-state index is 12.3. The number of rotatable bonds is 2. The molecule has 1 amide bonds. The van der Waals surface area contributed by atoms with Gasteiger partial charge in [-0.3, -0.25) is 4.79 Å². The Bertz CT molecular complexity index is 632. The first-order valence-electron chi connectivity index (χ1n) is 7.14. The minimum atomic E-state index is -0.731. The van der Waals surface area contributed by atoms with Crippen molar-refractivity contribution in [2.24, 2.45) is 5.73 Å². The Morgan fingerprint density at radius 2 is 1.85 bits per heavy atom. The molecule has 0 spiro atoms. The summed E-state index contributed by atoms with van der Waals surface area (Å²) < 4.78 is 0. The fraction of sp³-hybridized carbons (Fsp3) is 0.375. The van der Waals surface area contributed by atoms with Gasteiger partial charge in [0.05, 0.1) is 11.1 Å². The van der Waals surface area contributed by atoms with Gasteiger partial charge in [0.25, 0.3) is 0 Å². The van der Waals surface area contributed by atoms with Gasteiger partial charge in [-0.2, -0.15) is 0 Å². The second-order valence-corrected chi connectivity index (χ2v) is 5.56. The molecule has 1 heterocycles. The SMILES string of the molecule is NC1(C(=O)Nc2ccc3ccccc3n2)CCCCC1. The molecular weight excluding hydrogens is 250 g/mol. The summed E-state index contributed by atoms with van der Waals surface area (Å²) in [6, 6.07) is 11.6. The summed E-state index contributed by atoms with van der Waals surface area (Å²) in [5.74, 6) is 0.462. The van der Waals surface area contributed by atoms with Gasteiger partial charge >= 0.3 is 0 Å². The Morgan fingerprint density at radius 3 is 2.65 bits per heavy atom. The van der Waals surface area contributed by atoms with Gasteiger partial charge in [-0.1, -0.05) is 37.5 Å². The highest BCUT2D eigenvalue weighted by atomic mass is 16.2. The largest absolute Gasteiger partial charge is 0.317 e. The van der Waals surface area contributed by atoms with Gasteiger partial charge in [0, 0.05) is 5.39 Å². The molecule has 0 unspecified atom stereocenters. The molecule has 20 heavy (non-hydrogen) atoms. The van der Waals surface area contributed by atoms with Crippen LogP contribution in [0.15, 0.2) is 36.4 Å². The van der Waals surface area contributed by atoms with Crippen LogP contribution in [-0.4, -0.2) is 16.4 Å². The molecule has 4 heteroatoms. The predicted molar refractivity (Wildman–Crippen MR) is 80.4 cm³/mol. The Kier molecular flexibility index (Phi) is 3.40. The first-order valence-corrected chi connectivity index (χ1v) is 7.14. The number of nitrogens with one attached hydrogen (secondary N) is 1. The smallest absolute Gasteiger partial charge is 0.245 e. The number of fused-ring (bicyclic) bond motifs is 1. The van der Waals surface area contributed by atoms with E-state index in [-0.39, 0.29) is 5.91 Å². The molecule has 0 aliphatic heterocycles. The van der Waals surface area contributed by atoms with Crippen LogP contribution in [0, 0.1) is 0 Å². The van der Waals surface area contributed by atoms with Crippen LogP contribution in [0.4, 0.5) is 5.82 Å². The van der Waals surface area contributed by atoms with Crippen molar-refractivity contribution in [1.82, 2.24) is 4.98 Å². The van der Waals surface area contributed by atoms with Crippen molar-refractivity contribution in [1.29, 1.82) is 0 Å². The topological polar surface area (TPSA) is 68.0 Å². The number of para-hydroxylation sites is 1. The second kappa shape index (κ2) is 5.21. The number of carbonyl (C=O) groups excluding carboxylic acids is 1. The van der Waals surface area contributed by atoms with Gasteiger partial charge in [-0.25, -0.2) is 4.98 Å². The maximum Gasteiger partial charge on any atom is 0.245 e. The van der Waals surface area contributed by atoms with Crippen LogP contribution >= 0.6 is 0 Å². The first-order chi connectivity index (χ1) is 9.67. The molecule has 0 saturated heterocycles. The van der Waals surface area contributed by atoms with Crippen molar-refractivity contribution >= 4 is 22.6 Å². The Hall–Kier alpha value is -1.94. The van der Waals surface area contributed by atoms with E-state index in [4.69, 9.17) is 5.73 Å². The molecule has 0 radical (unpaired) electrons. The molecule has 0 atom stereocenters. The molecule has 1 fully saturated rings. The van der Waals surface area contributed by atoms with Gasteiger partial charge in [-0.15, -0.1) is 0 Å². The minimum absolute atomic E-state index is 0.111. The minimum Gasteiger partial charge on any atom is -0.317 e. The summed E-state index contributed by atoms with van der Waals surface area (Å²) in [6.45, 7) is 0. The highest BCUT2D eigenvalue weighted by Crippen LogP contribution is 2.27. The number of carbonyl (C=O) groups is 1. The Labute approximate surface area is 118 Å². The van der Waals surface area contributed by atoms with Gasteiger partial charge in [-0.05, 0) is 31.0 Å². The van der Waals surface area contributed by atoms with E-state index in [1.54, 1.807) is 0 Å². The molecule has 0 bridgehead atoms. The highest BCUT2D eigenvalue weighted by Gasteiger charge is 2.35. The third-order valence-electron chi connectivity index (χ3n) is 4.04. The zero-order valence-electron chi connectivity index (χ0n) is 11.4. The fourth-order valence-electron chi connectivity index (χ4n) is 2.79. The maximum absolute atomic E-state index is 12.3. The Morgan fingerprint density at radius 1 is 1.10 bits per heavy atom. The number of nitrogens with zero attached hydrogens (tertiary/aromatic N) is 1. The van der Waals surface area contributed by atoms with Crippen LogP contribution in [0.3, 0.4) is 0 Å². The number of pyridine rings is 1. The average molecular weight is 269 g/mol. The van der Waals surface area contributed by atoms with Crippen molar-refractivity contribution in [3.05, 3.63) is 36.4 Å². The van der Waals surface area contributed by atoms with E-state index in [2.05, 4.69) is 10.3 Å². The summed E-state index contributed by atoms with van der Waals surface area (Å²) in [6.07, 6.45) is 4.73. The summed E-state index contributed by atoms with van der Waals surface area (Å²) in [5, 5.41) is 3.93. The van der Waals surface area contributed by atoms with E-state index in [0.29, 0.717) is 5.82 Å². The van der Waals surface area contributed by atoms with Crippen LogP contribution in [0.2, 0.25) is 0 Å². The van der Waals surface area contributed by atoms with Crippen LogP contribution in [0.5, 0.6) is 0 Å². The van der Waals surface area contributed by atoms with Crippen molar-refractivity contribution in [2.75, 3.05) is 5.32 Å². The lowest BCUT2D eigenvalue weighted by atomic mass is 9.82. The predicted octanol–water partition coefficient (Wildman–Crippen LogP) is 2.83. The molecule has 3 N–H and O–H groups in total. The Balaban J connectivity index is 1.80. The monoisotopic (exact) mass is 269 g/mol. The quantitative estimate of drug-likeness (QED) is 0.881. The number of nitrogens with two attached hydrogens (primary N) is 1. The molecule has 1 aliphatic carbocycles. The number of anilines is 1. The van der Waals surface area contributed by atoms with Crippen LogP contribution in [0.1, 0.15) is 32.1 Å². The summed E-state index contributed by atoms with van der Waals surface area (Å²) in [7, 11) is 0. The van der Waals surface area contributed by atoms with E-state index in [9.17, 15) is 4.79 Å². The molecule has 1 aromatic carbocycles. The third-order valence-corrected chi connectivity index (χ3v) is 4.04. The van der Waals surface area contributed by atoms with Gasteiger partial charge in [0.15, 0.2) is 0 Å². The van der Waals surface area contributed by atoms with Crippen molar-refractivity contribution < 1.29 is 4.79 Å². The van der Waals surface area contributed by atoms with Crippen molar-refractivity contribution in [2.45, 2.75) is 37.6 Å². The lowest BCUT2D eigenvalue weighted by Gasteiger charge is -2.31. The number of benzene rings is 1. The molecule has 3 rings (SSSR count). The van der Waals surface area contributed by atoms with E-state index < -0.39 is 5.54 Å². The number of hydrogen-bond acceptors (Lipinski definition) is 3. The lowest BCUT2D eigenvalue weighted by Crippen LogP contribution is -2.52. The number of amides is 1. The zero-order valence-corrected chi connectivity index (χ0v) is 11.4. The summed E-state index contributed by atoms with van der Waals surface area (Å²) in [4.78, 5) is 16.8. The second-order valence-electron chi connectivity index (χ2n) is 5.56. The van der Waals surface area contributed by atoms with E-state index in [1.165, 1.54) is 6.42 Å². The highest BCUT2D eigenvalue weighted by molar-refractivity contribution is 5.98. The molecule has 1 aliphatic rings. The first kappa shape index (κ1) is 13.1. The fourth-order valence-corrected chi connectivity index (χ4v) is 2.79. The normalized spacial score (nSPS) is 17.9. The summed E-state index contributed by atoms with van der Waals surface area (Å²) in [5.41, 5.74) is 6.37. The van der Waals surface area contributed by atoms with Gasteiger partial charge < -0.3 is 11.1 Å². The average Bonchev–Trinajstić information content (AvgIpc) is 2.48.